The molecule has 9 heteroatoms. The third-order valence-electron chi connectivity index (χ3n) is 4.67. The largest absolute Gasteiger partial charge is 0.377 e. The topological polar surface area (TPSA) is 76.4 Å². The maximum atomic E-state index is 5.94. The Morgan fingerprint density at radius 3 is 2.86 bits per heavy atom. The van der Waals surface area contributed by atoms with Crippen molar-refractivity contribution >= 4 is 41.5 Å². The molecule has 29 heavy (non-hydrogen) atoms. The minimum absolute atomic E-state index is 0. The molecule has 0 saturated heterocycles. The first-order valence-electron chi connectivity index (χ1n) is 9.88. The number of nitrogens with one attached hydrogen (secondary N) is 2. The van der Waals surface area contributed by atoms with Gasteiger partial charge in [-0.1, -0.05) is 23.7 Å². The quantitative estimate of drug-likeness (QED) is 0.236. The van der Waals surface area contributed by atoms with E-state index in [-0.39, 0.29) is 24.0 Å². The highest BCUT2D eigenvalue weighted by Gasteiger charge is 2.22. The lowest BCUT2D eigenvalue weighted by Crippen LogP contribution is -2.47. The molecule has 1 unspecified atom stereocenters. The zero-order valence-corrected chi connectivity index (χ0v) is 20.1. The number of fused-ring (bicyclic) bond motifs is 1. The van der Waals surface area contributed by atoms with Gasteiger partial charge in [-0.15, -0.1) is 24.0 Å². The molecule has 1 atom stereocenters. The van der Waals surface area contributed by atoms with Gasteiger partial charge in [0.1, 0.15) is 12.4 Å². The first-order chi connectivity index (χ1) is 13.7. The lowest BCUT2D eigenvalue weighted by atomic mass is 10.1. The highest BCUT2D eigenvalue weighted by atomic mass is 127. The summed E-state index contributed by atoms with van der Waals surface area (Å²) in [6.45, 7) is 4.94. The zero-order chi connectivity index (χ0) is 19.8. The van der Waals surface area contributed by atoms with E-state index in [9.17, 15) is 0 Å². The highest BCUT2D eigenvalue weighted by molar-refractivity contribution is 14.0. The van der Waals surface area contributed by atoms with Crippen LogP contribution in [0.25, 0.3) is 0 Å². The zero-order valence-electron chi connectivity index (χ0n) is 17.0. The van der Waals surface area contributed by atoms with E-state index in [4.69, 9.17) is 21.3 Å². The number of guanidine groups is 1. The smallest absolute Gasteiger partial charge is 0.191 e. The minimum atomic E-state index is 0. The maximum absolute atomic E-state index is 5.94. The van der Waals surface area contributed by atoms with Crippen molar-refractivity contribution in [1.29, 1.82) is 0 Å². The molecule has 0 saturated carbocycles. The predicted molar refractivity (Wildman–Crippen MR) is 127 cm³/mol. The van der Waals surface area contributed by atoms with Crippen molar-refractivity contribution in [2.24, 2.45) is 4.99 Å². The average molecular weight is 533 g/mol. The van der Waals surface area contributed by atoms with Crippen molar-refractivity contribution in [3.8, 4) is 0 Å². The van der Waals surface area contributed by atoms with E-state index >= 15 is 0 Å². The van der Waals surface area contributed by atoms with Gasteiger partial charge in [0.15, 0.2) is 11.8 Å². The van der Waals surface area contributed by atoms with Crippen LogP contribution >= 0.6 is 35.6 Å². The number of aryl methyl sites for hydroxylation is 2. The van der Waals surface area contributed by atoms with Crippen molar-refractivity contribution in [1.82, 2.24) is 25.4 Å². The van der Waals surface area contributed by atoms with Gasteiger partial charge in [-0.25, -0.2) is 9.67 Å². The molecule has 0 aliphatic carbocycles. The first-order valence-corrected chi connectivity index (χ1v) is 10.3. The van der Waals surface area contributed by atoms with Gasteiger partial charge in [0.25, 0.3) is 0 Å². The summed E-state index contributed by atoms with van der Waals surface area (Å²) in [5, 5.41) is 12.2. The van der Waals surface area contributed by atoms with Crippen LogP contribution in [0, 0.1) is 0 Å². The molecule has 160 valence electrons. The Balaban J connectivity index is 0.00000300. The van der Waals surface area contributed by atoms with Gasteiger partial charge in [0, 0.05) is 37.7 Å². The second-order valence-corrected chi connectivity index (χ2v) is 7.37. The molecule has 1 aliphatic rings. The highest BCUT2D eigenvalue weighted by Crippen LogP contribution is 2.14. The van der Waals surface area contributed by atoms with E-state index in [0.717, 1.165) is 67.9 Å². The third-order valence-corrected chi connectivity index (χ3v) is 4.92. The number of methoxy groups -OCH3 is 1. The van der Waals surface area contributed by atoms with E-state index in [2.05, 4.69) is 39.8 Å². The molecule has 1 aromatic carbocycles. The van der Waals surface area contributed by atoms with E-state index in [0.29, 0.717) is 12.6 Å². The molecule has 2 aromatic rings. The molecular formula is C20H30ClIN6O. The normalized spacial score (nSPS) is 16.1. The lowest BCUT2D eigenvalue weighted by molar-refractivity contribution is 0.177. The molecule has 1 aliphatic heterocycles. The fraction of sp³-hybridized carbons (Fsp3) is 0.550. The molecular weight excluding hydrogens is 503 g/mol. The molecule has 7 nitrogen and oxygen atoms in total. The third kappa shape index (κ3) is 7.42. The van der Waals surface area contributed by atoms with E-state index < -0.39 is 0 Å². The summed E-state index contributed by atoms with van der Waals surface area (Å²) < 4.78 is 7.12. The molecule has 0 radical (unpaired) electrons. The Hall–Kier alpha value is -1.39. The van der Waals surface area contributed by atoms with Crippen LogP contribution in [0.2, 0.25) is 5.02 Å². The van der Waals surface area contributed by atoms with Crippen LogP contribution in [0.3, 0.4) is 0 Å². The summed E-state index contributed by atoms with van der Waals surface area (Å²) >= 11 is 5.94. The van der Waals surface area contributed by atoms with Crippen LogP contribution < -0.4 is 10.6 Å². The second-order valence-electron chi connectivity index (χ2n) is 6.93. The van der Waals surface area contributed by atoms with Crippen LogP contribution in [0.15, 0.2) is 29.3 Å². The van der Waals surface area contributed by atoms with Crippen LogP contribution in [0.5, 0.6) is 0 Å². The van der Waals surface area contributed by atoms with Gasteiger partial charge in [-0.05, 0) is 43.9 Å². The van der Waals surface area contributed by atoms with Crippen molar-refractivity contribution in [2.75, 3.05) is 20.2 Å². The number of hydrogen-bond acceptors (Lipinski definition) is 4. The number of ether oxygens (including phenoxy) is 1. The van der Waals surface area contributed by atoms with E-state index in [1.54, 1.807) is 7.11 Å². The van der Waals surface area contributed by atoms with Gasteiger partial charge in [0.2, 0.25) is 0 Å². The number of aliphatic imine (C=N–C) groups is 1. The molecule has 0 amide bonds. The van der Waals surface area contributed by atoms with E-state index in [1.165, 1.54) is 5.56 Å². The minimum Gasteiger partial charge on any atom is -0.377 e. The SMILES string of the molecule is CCNC(=NCCCc1ccc(Cl)cc1)NC1CCc2nc(COC)nn2C1.I. The molecule has 0 fully saturated rings. The fourth-order valence-electron chi connectivity index (χ4n) is 3.31. The Kier molecular flexibility index (Phi) is 10.2. The van der Waals surface area contributed by atoms with Gasteiger partial charge >= 0.3 is 0 Å². The lowest BCUT2D eigenvalue weighted by Gasteiger charge is -2.25. The summed E-state index contributed by atoms with van der Waals surface area (Å²) in [6.07, 6.45) is 3.91. The number of nitrogens with zero attached hydrogens (tertiary/aromatic N) is 4. The van der Waals surface area contributed by atoms with Gasteiger partial charge in [-0.3, -0.25) is 4.99 Å². The first kappa shape index (κ1) is 23.9. The van der Waals surface area contributed by atoms with Crippen molar-refractivity contribution in [2.45, 2.75) is 51.8 Å². The molecule has 3 rings (SSSR count). The van der Waals surface area contributed by atoms with Gasteiger partial charge in [0.05, 0.1) is 6.54 Å². The monoisotopic (exact) mass is 532 g/mol. The maximum Gasteiger partial charge on any atom is 0.191 e. The number of hydrogen-bond donors (Lipinski definition) is 2. The Labute approximate surface area is 194 Å². The van der Waals surface area contributed by atoms with Crippen molar-refractivity contribution in [3.05, 3.63) is 46.5 Å². The standard InChI is InChI=1S/C20H29ClN6O.HI/c1-3-22-20(23-12-4-5-15-6-8-16(21)9-7-15)24-17-10-11-19-25-18(14-28-2)26-27(19)13-17;/h6-9,17H,3-5,10-14H2,1-2H3,(H2,22,23,24);1H. The Morgan fingerprint density at radius 1 is 1.34 bits per heavy atom. The summed E-state index contributed by atoms with van der Waals surface area (Å²) in [4.78, 5) is 9.26. The van der Waals surface area contributed by atoms with Crippen molar-refractivity contribution in [3.63, 3.8) is 0 Å². The van der Waals surface area contributed by atoms with Crippen LogP contribution in [0.1, 0.15) is 37.0 Å². The summed E-state index contributed by atoms with van der Waals surface area (Å²) in [7, 11) is 1.66. The molecule has 0 bridgehead atoms. The fourth-order valence-corrected chi connectivity index (χ4v) is 3.43. The molecule has 2 heterocycles. The predicted octanol–water partition coefficient (Wildman–Crippen LogP) is 3.20. The summed E-state index contributed by atoms with van der Waals surface area (Å²) in [5.74, 6) is 2.65. The Morgan fingerprint density at radius 2 is 2.14 bits per heavy atom. The number of benzene rings is 1. The van der Waals surface area contributed by atoms with Crippen LogP contribution in [-0.4, -0.2) is 47.0 Å². The van der Waals surface area contributed by atoms with Crippen LogP contribution in [0.4, 0.5) is 0 Å². The average Bonchev–Trinajstić information content (AvgIpc) is 3.08. The van der Waals surface area contributed by atoms with Crippen molar-refractivity contribution < 1.29 is 4.74 Å². The summed E-state index contributed by atoms with van der Waals surface area (Å²) in [6, 6.07) is 8.31. The van der Waals surface area contributed by atoms with Gasteiger partial charge < -0.3 is 15.4 Å². The summed E-state index contributed by atoms with van der Waals surface area (Å²) in [5.41, 5.74) is 1.29. The van der Waals surface area contributed by atoms with E-state index in [1.807, 2.05) is 16.8 Å². The number of aromatic nitrogens is 3. The second kappa shape index (κ2) is 12.3. The van der Waals surface area contributed by atoms with Gasteiger partial charge in [-0.2, -0.15) is 5.10 Å². The molecule has 0 spiro atoms. The molecule has 2 N–H and O–H groups in total. The molecule has 1 aromatic heterocycles. The number of rotatable bonds is 8. The van der Waals surface area contributed by atoms with Crippen LogP contribution in [-0.2, 0) is 30.7 Å². The number of halogens is 2. The Bertz CT molecular complexity index is 780.